The molecule has 0 radical (unpaired) electrons. The lowest BCUT2D eigenvalue weighted by molar-refractivity contribution is 0.102. The van der Waals surface area contributed by atoms with Gasteiger partial charge in [-0.1, -0.05) is 72.4 Å². The van der Waals surface area contributed by atoms with Crippen molar-refractivity contribution in [3.05, 3.63) is 58.9 Å². The second kappa shape index (κ2) is 8.30. The van der Waals surface area contributed by atoms with Crippen molar-refractivity contribution in [1.29, 1.82) is 0 Å². The van der Waals surface area contributed by atoms with E-state index in [2.05, 4.69) is 37.8 Å². The number of benzene rings is 1. The van der Waals surface area contributed by atoms with E-state index in [1.807, 2.05) is 32.0 Å². The first-order chi connectivity index (χ1) is 14.0. The fraction of sp³-hybridized carbons (Fsp3) is 0.250. The number of fused-ring (bicyclic) bond motifs is 1. The number of hydrogen-bond donors (Lipinski definition) is 1. The molecule has 0 aliphatic heterocycles. The molecule has 1 N–H and O–H groups in total. The SMILES string of the molecule is Cc1noc2nc(C(C)C)cc(C(=O)Nc3nnc(SCc4ccccc4)s3)c12. The lowest BCUT2D eigenvalue weighted by Crippen LogP contribution is -2.13. The van der Waals surface area contributed by atoms with Crippen molar-refractivity contribution in [3.63, 3.8) is 0 Å². The highest BCUT2D eigenvalue weighted by atomic mass is 32.2. The van der Waals surface area contributed by atoms with Crippen molar-refractivity contribution in [2.75, 3.05) is 5.32 Å². The summed E-state index contributed by atoms with van der Waals surface area (Å²) < 4.78 is 6.09. The van der Waals surface area contributed by atoms with Crippen LogP contribution in [-0.2, 0) is 5.75 Å². The number of aromatic nitrogens is 4. The minimum Gasteiger partial charge on any atom is -0.336 e. The molecule has 0 fully saturated rings. The van der Waals surface area contributed by atoms with E-state index in [0.717, 1.165) is 15.8 Å². The zero-order valence-electron chi connectivity index (χ0n) is 16.2. The Balaban J connectivity index is 1.53. The van der Waals surface area contributed by atoms with Crippen LogP contribution >= 0.6 is 23.1 Å². The van der Waals surface area contributed by atoms with Gasteiger partial charge in [0.25, 0.3) is 11.6 Å². The Hall–Kier alpha value is -2.78. The van der Waals surface area contributed by atoms with E-state index in [4.69, 9.17) is 4.52 Å². The minimum atomic E-state index is -0.277. The van der Waals surface area contributed by atoms with Crippen LogP contribution in [0, 0.1) is 6.92 Å². The number of rotatable bonds is 6. The summed E-state index contributed by atoms with van der Waals surface area (Å²) in [5, 5.41) is 16.1. The molecule has 1 amide bonds. The molecule has 0 aliphatic carbocycles. The summed E-state index contributed by atoms with van der Waals surface area (Å²) in [6.07, 6.45) is 0. The maximum Gasteiger partial charge on any atom is 0.259 e. The topological polar surface area (TPSA) is 93.8 Å². The van der Waals surface area contributed by atoms with Crippen molar-refractivity contribution in [1.82, 2.24) is 20.3 Å². The van der Waals surface area contributed by atoms with Crippen LogP contribution in [0.4, 0.5) is 5.13 Å². The molecule has 0 spiro atoms. The summed E-state index contributed by atoms with van der Waals surface area (Å²) in [7, 11) is 0. The fourth-order valence-corrected chi connectivity index (χ4v) is 4.49. The second-order valence-corrected chi connectivity index (χ2v) is 9.00. The summed E-state index contributed by atoms with van der Waals surface area (Å²) in [6, 6.07) is 11.9. The Kier molecular flexibility index (Phi) is 5.59. The van der Waals surface area contributed by atoms with Crippen LogP contribution in [-0.4, -0.2) is 26.2 Å². The average Bonchev–Trinajstić information content (AvgIpc) is 3.33. The predicted molar refractivity (Wildman–Crippen MR) is 114 cm³/mol. The Morgan fingerprint density at radius 2 is 2.03 bits per heavy atom. The van der Waals surface area contributed by atoms with Crippen LogP contribution in [0.5, 0.6) is 0 Å². The maximum absolute atomic E-state index is 13.0. The number of thioether (sulfide) groups is 1. The molecule has 0 saturated carbocycles. The Morgan fingerprint density at radius 3 is 2.79 bits per heavy atom. The molecule has 1 aromatic carbocycles. The van der Waals surface area contributed by atoms with Gasteiger partial charge in [-0.3, -0.25) is 10.1 Å². The number of amides is 1. The van der Waals surface area contributed by atoms with Crippen molar-refractivity contribution in [3.8, 4) is 0 Å². The van der Waals surface area contributed by atoms with Crippen molar-refractivity contribution in [2.45, 2.75) is 36.8 Å². The summed E-state index contributed by atoms with van der Waals surface area (Å²) in [4.78, 5) is 17.4. The van der Waals surface area contributed by atoms with Gasteiger partial charge in [0.1, 0.15) is 0 Å². The third-order valence-corrected chi connectivity index (χ3v) is 6.35. The molecule has 4 aromatic rings. The van der Waals surface area contributed by atoms with E-state index in [1.54, 1.807) is 24.8 Å². The van der Waals surface area contributed by atoms with Crippen molar-refractivity contribution < 1.29 is 9.32 Å². The first kappa shape index (κ1) is 19.5. The molecule has 0 unspecified atom stereocenters. The number of anilines is 1. The molecule has 0 bridgehead atoms. The van der Waals surface area contributed by atoms with Gasteiger partial charge >= 0.3 is 0 Å². The van der Waals surface area contributed by atoms with E-state index >= 15 is 0 Å². The number of pyridine rings is 1. The molecule has 0 aliphatic rings. The standard InChI is InChI=1S/C20H19N5O2S2/c1-11(2)15-9-14(16-12(3)25-27-18(16)21-15)17(26)22-19-23-24-20(29-19)28-10-13-7-5-4-6-8-13/h4-9,11H,10H2,1-3H3,(H,22,23,26). The average molecular weight is 426 g/mol. The van der Waals surface area contributed by atoms with E-state index in [9.17, 15) is 4.79 Å². The highest BCUT2D eigenvalue weighted by Gasteiger charge is 2.21. The third-order valence-electron chi connectivity index (χ3n) is 4.31. The number of hydrogen-bond acceptors (Lipinski definition) is 8. The Labute approximate surface area is 175 Å². The Morgan fingerprint density at radius 1 is 1.24 bits per heavy atom. The first-order valence-corrected chi connectivity index (χ1v) is 10.9. The molecular formula is C20H19N5O2S2. The minimum absolute atomic E-state index is 0.152. The van der Waals surface area contributed by atoms with Gasteiger partial charge in [-0.2, -0.15) is 0 Å². The summed E-state index contributed by atoms with van der Waals surface area (Å²) in [5.41, 5.74) is 3.46. The molecule has 9 heteroatoms. The summed E-state index contributed by atoms with van der Waals surface area (Å²) in [6.45, 7) is 5.82. The van der Waals surface area contributed by atoms with Crippen LogP contribution in [0.2, 0.25) is 0 Å². The molecule has 0 saturated heterocycles. The predicted octanol–water partition coefficient (Wildman–Crippen LogP) is 5.05. The molecule has 3 heterocycles. The van der Waals surface area contributed by atoms with Crippen LogP contribution in [0.15, 0.2) is 45.3 Å². The summed E-state index contributed by atoms with van der Waals surface area (Å²) >= 11 is 2.94. The van der Waals surface area contributed by atoms with Crippen molar-refractivity contribution >= 4 is 45.2 Å². The third kappa shape index (κ3) is 4.30. The quantitative estimate of drug-likeness (QED) is 0.341. The maximum atomic E-state index is 13.0. The smallest absolute Gasteiger partial charge is 0.259 e. The number of nitrogens with zero attached hydrogens (tertiary/aromatic N) is 4. The largest absolute Gasteiger partial charge is 0.336 e. The first-order valence-electron chi connectivity index (χ1n) is 9.09. The van der Waals surface area contributed by atoms with Crippen LogP contribution < -0.4 is 5.32 Å². The van der Waals surface area contributed by atoms with E-state index in [-0.39, 0.29) is 11.8 Å². The fourth-order valence-electron chi connectivity index (χ4n) is 2.79. The van der Waals surface area contributed by atoms with Gasteiger partial charge in [-0.25, -0.2) is 4.98 Å². The highest BCUT2D eigenvalue weighted by molar-refractivity contribution is 8.00. The number of carbonyl (C=O) groups excluding carboxylic acids is 1. The number of aryl methyl sites for hydroxylation is 1. The van der Waals surface area contributed by atoms with Gasteiger partial charge in [0.15, 0.2) is 4.34 Å². The van der Waals surface area contributed by atoms with Gasteiger partial charge in [-0.15, -0.1) is 10.2 Å². The molecule has 3 aromatic heterocycles. The monoisotopic (exact) mass is 425 g/mol. The zero-order valence-corrected chi connectivity index (χ0v) is 17.8. The lowest BCUT2D eigenvalue weighted by atomic mass is 10.0. The van der Waals surface area contributed by atoms with Crippen molar-refractivity contribution in [2.24, 2.45) is 0 Å². The van der Waals surface area contributed by atoms with Crippen LogP contribution in [0.25, 0.3) is 11.1 Å². The van der Waals surface area contributed by atoms with Crippen LogP contribution in [0.1, 0.15) is 47.1 Å². The normalized spacial score (nSPS) is 11.3. The molecule has 4 rings (SSSR count). The van der Waals surface area contributed by atoms with E-state index in [1.165, 1.54) is 16.9 Å². The zero-order chi connectivity index (χ0) is 20.4. The van der Waals surface area contributed by atoms with Gasteiger partial charge < -0.3 is 4.52 Å². The molecule has 29 heavy (non-hydrogen) atoms. The van der Waals surface area contributed by atoms with Gasteiger partial charge in [-0.05, 0) is 24.5 Å². The van der Waals surface area contributed by atoms with Crippen LogP contribution in [0.3, 0.4) is 0 Å². The lowest BCUT2D eigenvalue weighted by Gasteiger charge is -2.08. The van der Waals surface area contributed by atoms with Gasteiger partial charge in [0.05, 0.1) is 16.6 Å². The number of carbonyl (C=O) groups is 1. The molecule has 0 atom stereocenters. The highest BCUT2D eigenvalue weighted by Crippen LogP contribution is 2.30. The molecule has 148 valence electrons. The van der Waals surface area contributed by atoms with E-state index in [0.29, 0.717) is 27.5 Å². The summed E-state index contributed by atoms with van der Waals surface area (Å²) in [5.74, 6) is 0.673. The van der Waals surface area contributed by atoms with Gasteiger partial charge in [0, 0.05) is 11.4 Å². The van der Waals surface area contributed by atoms with Gasteiger partial charge in [0.2, 0.25) is 5.13 Å². The molecular weight excluding hydrogens is 406 g/mol. The second-order valence-electron chi connectivity index (χ2n) is 6.80. The van der Waals surface area contributed by atoms with E-state index < -0.39 is 0 Å². The Bertz CT molecular complexity index is 1150. The molecule has 7 nitrogen and oxygen atoms in total. The number of nitrogens with one attached hydrogen (secondary N) is 1.